The van der Waals surface area contributed by atoms with E-state index in [-0.39, 0.29) is 0 Å². The molecule has 0 saturated carbocycles. The molecule has 78 valence electrons. The Balaban J connectivity index is 2.29. The van der Waals surface area contributed by atoms with Crippen molar-refractivity contribution in [2.45, 2.75) is 17.0 Å². The number of hydrogen-bond acceptors (Lipinski definition) is 5. The van der Waals surface area contributed by atoms with Gasteiger partial charge in [-0.2, -0.15) is 0 Å². The number of benzene rings is 1. The quantitative estimate of drug-likeness (QED) is 0.584. The van der Waals surface area contributed by atoms with Gasteiger partial charge in [-0.05, 0) is 42.4 Å². The summed E-state index contributed by atoms with van der Waals surface area (Å²) >= 11 is 1.46. The van der Waals surface area contributed by atoms with E-state index in [2.05, 4.69) is 10.2 Å². The maximum absolute atomic E-state index is 5.66. The summed E-state index contributed by atoms with van der Waals surface area (Å²) in [5.74, 6) is 5.61. The first-order valence-electron chi connectivity index (χ1n) is 4.36. The minimum atomic E-state index is 0.655. The maximum atomic E-state index is 5.66. The number of nitrogens with zero attached hydrogens (tertiary/aromatic N) is 3. The van der Waals surface area contributed by atoms with E-state index in [9.17, 15) is 0 Å². The van der Waals surface area contributed by atoms with Crippen LogP contribution in [0.3, 0.4) is 0 Å². The highest BCUT2D eigenvalue weighted by Gasteiger charge is 2.06. The molecule has 1 aromatic carbocycles. The zero-order valence-corrected chi connectivity index (χ0v) is 9.03. The molecular weight excluding hydrogens is 210 g/mol. The Hall–Kier alpha value is -1.69. The summed E-state index contributed by atoms with van der Waals surface area (Å²) < 4.78 is 1.39. The van der Waals surface area contributed by atoms with E-state index in [0.29, 0.717) is 5.16 Å². The van der Waals surface area contributed by atoms with Crippen molar-refractivity contribution < 1.29 is 0 Å². The molecular formula is C9H11N5S. The molecule has 1 aromatic heterocycles. The van der Waals surface area contributed by atoms with Crippen molar-refractivity contribution in [3.8, 4) is 0 Å². The van der Waals surface area contributed by atoms with Gasteiger partial charge in [-0.15, -0.1) is 10.2 Å². The monoisotopic (exact) mass is 221 g/mol. The smallest absolute Gasteiger partial charge is 0.214 e. The third-order valence-corrected chi connectivity index (χ3v) is 3.09. The van der Waals surface area contributed by atoms with Gasteiger partial charge >= 0.3 is 0 Å². The second-order valence-corrected chi connectivity index (χ2v) is 4.16. The predicted molar refractivity (Wildman–Crippen MR) is 59.9 cm³/mol. The number of aryl methyl sites for hydroxylation is 1. The van der Waals surface area contributed by atoms with E-state index in [0.717, 1.165) is 16.1 Å². The highest BCUT2D eigenvalue weighted by atomic mass is 32.2. The number of hydrogen-bond donors (Lipinski definition) is 2. The predicted octanol–water partition coefficient (Wildman–Crippen LogP) is 1.03. The van der Waals surface area contributed by atoms with E-state index in [1.54, 1.807) is 0 Å². The van der Waals surface area contributed by atoms with Crippen LogP contribution in [0.25, 0.3) is 0 Å². The van der Waals surface area contributed by atoms with Crippen molar-refractivity contribution in [3.05, 3.63) is 30.1 Å². The van der Waals surface area contributed by atoms with Gasteiger partial charge in [-0.3, -0.25) is 0 Å². The fourth-order valence-corrected chi connectivity index (χ4v) is 1.98. The largest absolute Gasteiger partial charge is 0.399 e. The van der Waals surface area contributed by atoms with Gasteiger partial charge in [0.2, 0.25) is 5.16 Å². The van der Waals surface area contributed by atoms with Gasteiger partial charge in [-0.25, -0.2) is 4.68 Å². The lowest BCUT2D eigenvalue weighted by Gasteiger charge is -2.04. The standard InChI is InChI=1S/C9H11N5S/c1-6-4-7(10)2-3-8(6)15-9-13-12-5-14(9)11/h2-5H,10-11H2,1H3. The van der Waals surface area contributed by atoms with E-state index >= 15 is 0 Å². The zero-order chi connectivity index (χ0) is 10.8. The van der Waals surface area contributed by atoms with Crippen LogP contribution in [0, 0.1) is 6.92 Å². The lowest BCUT2D eigenvalue weighted by Crippen LogP contribution is -2.07. The summed E-state index contributed by atoms with van der Waals surface area (Å²) in [6, 6.07) is 5.72. The molecule has 15 heavy (non-hydrogen) atoms. The molecule has 0 spiro atoms. The van der Waals surface area contributed by atoms with Crippen molar-refractivity contribution in [1.29, 1.82) is 0 Å². The van der Waals surface area contributed by atoms with E-state index in [1.807, 2.05) is 25.1 Å². The minimum Gasteiger partial charge on any atom is -0.399 e. The molecule has 0 unspecified atom stereocenters. The van der Waals surface area contributed by atoms with Gasteiger partial charge in [0.25, 0.3) is 0 Å². The molecule has 0 atom stereocenters. The second-order valence-electron chi connectivity index (χ2n) is 3.15. The Kier molecular flexibility index (Phi) is 2.51. The number of rotatable bonds is 2. The molecule has 1 heterocycles. The van der Waals surface area contributed by atoms with Gasteiger partial charge in [-0.1, -0.05) is 0 Å². The zero-order valence-electron chi connectivity index (χ0n) is 8.21. The summed E-state index contributed by atoms with van der Waals surface area (Å²) in [5, 5.41) is 8.26. The third kappa shape index (κ3) is 2.04. The molecule has 0 aliphatic carbocycles. The maximum Gasteiger partial charge on any atom is 0.214 e. The summed E-state index contributed by atoms with van der Waals surface area (Å²) in [6.45, 7) is 2.00. The molecule has 0 amide bonds. The number of nitrogen functional groups attached to an aromatic ring is 2. The Morgan fingerprint density at radius 1 is 1.40 bits per heavy atom. The molecule has 2 aromatic rings. The first-order chi connectivity index (χ1) is 7.16. The van der Waals surface area contributed by atoms with Crippen molar-refractivity contribution >= 4 is 17.4 Å². The molecule has 0 aliphatic rings. The van der Waals surface area contributed by atoms with Crippen LogP contribution in [0.15, 0.2) is 34.6 Å². The van der Waals surface area contributed by atoms with Crippen molar-refractivity contribution in [1.82, 2.24) is 14.9 Å². The Bertz CT molecular complexity index is 479. The van der Waals surface area contributed by atoms with Crippen LogP contribution in [0.1, 0.15) is 5.56 Å². The van der Waals surface area contributed by atoms with Crippen LogP contribution in [-0.4, -0.2) is 14.9 Å². The molecule has 0 radical (unpaired) electrons. The Morgan fingerprint density at radius 3 is 2.80 bits per heavy atom. The van der Waals surface area contributed by atoms with Crippen LogP contribution in [0.2, 0.25) is 0 Å². The molecule has 0 bridgehead atoms. The van der Waals surface area contributed by atoms with Crippen LogP contribution >= 0.6 is 11.8 Å². The van der Waals surface area contributed by atoms with Crippen molar-refractivity contribution in [2.24, 2.45) is 0 Å². The molecule has 6 heteroatoms. The lowest BCUT2D eigenvalue weighted by molar-refractivity contribution is 0.846. The summed E-state index contributed by atoms with van der Waals surface area (Å²) in [5.41, 5.74) is 7.52. The van der Waals surface area contributed by atoms with Gasteiger partial charge in [0.15, 0.2) is 0 Å². The molecule has 0 aliphatic heterocycles. The molecule has 5 nitrogen and oxygen atoms in total. The van der Waals surface area contributed by atoms with Gasteiger partial charge < -0.3 is 11.6 Å². The molecule has 0 saturated heterocycles. The van der Waals surface area contributed by atoms with Crippen LogP contribution < -0.4 is 11.6 Å². The number of nitrogens with two attached hydrogens (primary N) is 2. The number of aromatic nitrogens is 3. The normalized spacial score (nSPS) is 10.5. The van der Waals surface area contributed by atoms with E-state index < -0.39 is 0 Å². The van der Waals surface area contributed by atoms with Gasteiger partial charge in [0, 0.05) is 10.6 Å². The second kappa shape index (κ2) is 3.82. The summed E-state index contributed by atoms with van der Waals surface area (Å²) in [7, 11) is 0. The highest BCUT2D eigenvalue weighted by Crippen LogP contribution is 2.28. The fourth-order valence-electron chi connectivity index (χ4n) is 1.19. The fraction of sp³-hybridized carbons (Fsp3) is 0.111. The van der Waals surface area contributed by atoms with Crippen molar-refractivity contribution in [3.63, 3.8) is 0 Å². The topological polar surface area (TPSA) is 82.8 Å². The van der Waals surface area contributed by atoms with Crippen LogP contribution in [-0.2, 0) is 0 Å². The molecule has 0 fully saturated rings. The SMILES string of the molecule is Cc1cc(N)ccc1Sc1nncn1N. The third-order valence-electron chi connectivity index (χ3n) is 1.94. The Morgan fingerprint density at radius 2 is 2.20 bits per heavy atom. The Labute approximate surface area is 91.5 Å². The average Bonchev–Trinajstić information content (AvgIpc) is 2.57. The van der Waals surface area contributed by atoms with Gasteiger partial charge in [0.05, 0.1) is 0 Å². The summed E-state index contributed by atoms with van der Waals surface area (Å²) in [6.07, 6.45) is 1.47. The first-order valence-corrected chi connectivity index (χ1v) is 5.17. The van der Waals surface area contributed by atoms with Crippen molar-refractivity contribution in [2.75, 3.05) is 11.6 Å². The van der Waals surface area contributed by atoms with E-state index in [4.69, 9.17) is 11.6 Å². The van der Waals surface area contributed by atoms with Gasteiger partial charge in [0.1, 0.15) is 6.33 Å². The lowest BCUT2D eigenvalue weighted by atomic mass is 10.2. The molecule has 4 N–H and O–H groups in total. The summed E-state index contributed by atoms with van der Waals surface area (Å²) in [4.78, 5) is 1.07. The van der Waals surface area contributed by atoms with Crippen LogP contribution in [0.4, 0.5) is 5.69 Å². The minimum absolute atomic E-state index is 0.655. The number of anilines is 1. The van der Waals surface area contributed by atoms with E-state index in [1.165, 1.54) is 22.8 Å². The van der Waals surface area contributed by atoms with Crippen LogP contribution in [0.5, 0.6) is 0 Å². The molecule has 2 rings (SSSR count). The highest BCUT2D eigenvalue weighted by molar-refractivity contribution is 7.99. The average molecular weight is 221 g/mol. The first kappa shape index (κ1) is 9.85.